The summed E-state index contributed by atoms with van der Waals surface area (Å²) in [6.45, 7) is 3.22. The molecule has 1 saturated heterocycles. The van der Waals surface area contributed by atoms with Gasteiger partial charge in [-0.25, -0.2) is 0 Å². The average molecular weight is 323 g/mol. The lowest BCUT2D eigenvalue weighted by Crippen LogP contribution is -2.44. The Balaban J connectivity index is 0.00000200. The van der Waals surface area contributed by atoms with Crippen molar-refractivity contribution in [1.82, 2.24) is 10.2 Å². The summed E-state index contributed by atoms with van der Waals surface area (Å²) in [5.74, 6) is 1.87. The fraction of sp³-hybridized carbons (Fsp3) is 0.846. The molecule has 0 radical (unpaired) electrons. The third-order valence-electron chi connectivity index (χ3n) is 3.33. The van der Waals surface area contributed by atoms with Crippen LogP contribution in [-0.2, 0) is 14.3 Å². The number of carbonyl (C=O) groups is 2. The maximum atomic E-state index is 12.3. The molecular weight excluding hydrogens is 300 g/mol. The Kier molecular flexibility index (Phi) is 7.69. The average Bonchev–Trinajstić information content (AvgIpc) is 3.21. The van der Waals surface area contributed by atoms with Crippen molar-refractivity contribution in [3.63, 3.8) is 0 Å². The van der Waals surface area contributed by atoms with Crippen LogP contribution in [0.15, 0.2) is 0 Å². The predicted octanol–water partition coefficient (Wildman–Crippen LogP) is 1.06. The highest BCUT2D eigenvalue weighted by Gasteiger charge is 2.35. The fourth-order valence-electron chi connectivity index (χ4n) is 2.23. The molecule has 1 aliphatic carbocycles. The molecule has 0 aromatic heterocycles. The smallest absolute Gasteiger partial charge is 0.325 e. The number of hydrogen-bond donors (Lipinski definition) is 1. The van der Waals surface area contributed by atoms with Gasteiger partial charge >= 0.3 is 5.97 Å². The van der Waals surface area contributed by atoms with Crippen molar-refractivity contribution >= 4 is 36.0 Å². The number of esters is 1. The van der Waals surface area contributed by atoms with E-state index in [1.165, 1.54) is 0 Å². The van der Waals surface area contributed by atoms with Gasteiger partial charge in [0.05, 0.1) is 6.61 Å². The van der Waals surface area contributed by atoms with Crippen LogP contribution in [0.2, 0.25) is 0 Å². The number of nitrogens with zero attached hydrogens (tertiary/aromatic N) is 1. The van der Waals surface area contributed by atoms with Crippen molar-refractivity contribution in [2.45, 2.75) is 38.3 Å². The molecule has 1 atom stereocenters. The minimum atomic E-state index is -0.297. The maximum absolute atomic E-state index is 12.3. The molecule has 7 heteroatoms. The van der Waals surface area contributed by atoms with Crippen LogP contribution in [-0.4, -0.2) is 60.1 Å². The monoisotopic (exact) mass is 322 g/mol. The van der Waals surface area contributed by atoms with E-state index in [0.717, 1.165) is 30.9 Å². The largest absolute Gasteiger partial charge is 0.465 e. The molecule has 20 heavy (non-hydrogen) atoms. The molecule has 1 saturated carbocycles. The lowest BCUT2D eigenvalue weighted by atomic mass is 10.2. The van der Waals surface area contributed by atoms with Gasteiger partial charge in [-0.3, -0.25) is 9.59 Å². The topological polar surface area (TPSA) is 58.6 Å². The molecule has 1 heterocycles. The molecule has 0 aromatic rings. The van der Waals surface area contributed by atoms with Gasteiger partial charge < -0.3 is 15.0 Å². The molecule has 2 aliphatic rings. The van der Waals surface area contributed by atoms with E-state index in [-0.39, 0.29) is 42.9 Å². The highest BCUT2D eigenvalue weighted by Crippen LogP contribution is 2.27. The summed E-state index contributed by atoms with van der Waals surface area (Å²) in [7, 11) is 0. The quantitative estimate of drug-likeness (QED) is 0.741. The van der Waals surface area contributed by atoms with E-state index in [4.69, 9.17) is 4.74 Å². The normalized spacial score (nSPS) is 21.8. The van der Waals surface area contributed by atoms with E-state index < -0.39 is 0 Å². The maximum Gasteiger partial charge on any atom is 0.325 e. The SMILES string of the molecule is CCOC(=O)CN(C(=O)CC1CSCCN1)C1CC1.Cl. The van der Waals surface area contributed by atoms with Gasteiger partial charge in [-0.05, 0) is 19.8 Å². The summed E-state index contributed by atoms with van der Waals surface area (Å²) in [6, 6.07) is 0.503. The highest BCUT2D eigenvalue weighted by molar-refractivity contribution is 7.99. The Hall–Kier alpha value is -0.460. The van der Waals surface area contributed by atoms with Crippen LogP contribution < -0.4 is 5.32 Å². The molecule has 2 fully saturated rings. The zero-order chi connectivity index (χ0) is 13.7. The zero-order valence-corrected chi connectivity index (χ0v) is 13.4. The molecule has 1 N–H and O–H groups in total. The van der Waals surface area contributed by atoms with E-state index in [0.29, 0.717) is 13.0 Å². The number of ether oxygens (including phenoxy) is 1. The predicted molar refractivity (Wildman–Crippen MR) is 82.3 cm³/mol. The summed E-state index contributed by atoms with van der Waals surface area (Å²) in [5.41, 5.74) is 0. The Bertz CT molecular complexity index is 334. The first-order chi connectivity index (χ1) is 9.20. The van der Waals surface area contributed by atoms with Crippen LogP contribution in [0.4, 0.5) is 0 Å². The first-order valence-electron chi connectivity index (χ1n) is 6.97. The Morgan fingerprint density at radius 3 is 2.70 bits per heavy atom. The van der Waals surface area contributed by atoms with Gasteiger partial charge in [0.1, 0.15) is 6.54 Å². The van der Waals surface area contributed by atoms with Gasteiger partial charge in [0.25, 0.3) is 0 Å². The van der Waals surface area contributed by atoms with Gasteiger partial charge in [0.15, 0.2) is 0 Å². The second-order valence-corrected chi connectivity index (χ2v) is 6.14. The van der Waals surface area contributed by atoms with Crippen molar-refractivity contribution < 1.29 is 14.3 Å². The second-order valence-electron chi connectivity index (χ2n) is 4.99. The minimum absolute atomic E-state index is 0. The molecule has 116 valence electrons. The van der Waals surface area contributed by atoms with Crippen molar-refractivity contribution in [1.29, 1.82) is 0 Å². The van der Waals surface area contributed by atoms with Crippen LogP contribution in [0.25, 0.3) is 0 Å². The Morgan fingerprint density at radius 2 is 2.15 bits per heavy atom. The van der Waals surface area contributed by atoms with E-state index in [2.05, 4.69) is 5.32 Å². The summed E-state index contributed by atoms with van der Waals surface area (Å²) >= 11 is 1.88. The van der Waals surface area contributed by atoms with Crippen LogP contribution in [0.3, 0.4) is 0 Å². The zero-order valence-electron chi connectivity index (χ0n) is 11.8. The van der Waals surface area contributed by atoms with Gasteiger partial charge in [-0.1, -0.05) is 0 Å². The summed E-state index contributed by atoms with van der Waals surface area (Å²) in [5, 5.41) is 3.36. The van der Waals surface area contributed by atoms with E-state index in [1.807, 2.05) is 11.8 Å². The molecule has 0 spiro atoms. The van der Waals surface area contributed by atoms with Gasteiger partial charge in [0.2, 0.25) is 5.91 Å². The van der Waals surface area contributed by atoms with Crippen LogP contribution >= 0.6 is 24.2 Å². The number of carbonyl (C=O) groups excluding carboxylic acids is 2. The molecule has 5 nitrogen and oxygen atoms in total. The molecule has 0 bridgehead atoms. The second kappa shape index (κ2) is 8.74. The fourth-order valence-corrected chi connectivity index (χ4v) is 3.18. The summed E-state index contributed by atoms with van der Waals surface area (Å²) in [6.07, 6.45) is 2.51. The number of nitrogens with one attached hydrogen (secondary N) is 1. The number of thioether (sulfide) groups is 1. The van der Waals surface area contributed by atoms with E-state index in [1.54, 1.807) is 11.8 Å². The molecule has 1 unspecified atom stereocenters. The van der Waals surface area contributed by atoms with Crippen molar-refractivity contribution in [3.05, 3.63) is 0 Å². The van der Waals surface area contributed by atoms with Crippen LogP contribution in [0.1, 0.15) is 26.2 Å². The summed E-state index contributed by atoms with van der Waals surface area (Å²) in [4.78, 5) is 25.6. The Labute approximate surface area is 130 Å². The molecule has 1 amide bonds. The van der Waals surface area contributed by atoms with Crippen molar-refractivity contribution in [3.8, 4) is 0 Å². The van der Waals surface area contributed by atoms with Crippen LogP contribution in [0.5, 0.6) is 0 Å². The van der Waals surface area contributed by atoms with Crippen LogP contribution in [0, 0.1) is 0 Å². The Morgan fingerprint density at radius 1 is 1.40 bits per heavy atom. The van der Waals surface area contributed by atoms with Gasteiger partial charge in [-0.2, -0.15) is 11.8 Å². The highest BCUT2D eigenvalue weighted by atomic mass is 35.5. The molecule has 1 aliphatic heterocycles. The number of hydrogen-bond acceptors (Lipinski definition) is 5. The molecule has 0 aromatic carbocycles. The first kappa shape index (κ1) is 17.6. The summed E-state index contributed by atoms with van der Waals surface area (Å²) < 4.78 is 4.94. The van der Waals surface area contributed by atoms with Gasteiger partial charge in [0, 0.05) is 36.6 Å². The number of rotatable bonds is 6. The van der Waals surface area contributed by atoms with E-state index in [9.17, 15) is 9.59 Å². The third-order valence-corrected chi connectivity index (χ3v) is 4.46. The standard InChI is InChI=1S/C13H22N2O3S.ClH/c1-2-18-13(17)8-15(11-3-4-11)12(16)7-10-9-19-6-5-14-10;/h10-11,14H,2-9H2,1H3;1H. The number of halogens is 1. The first-order valence-corrected chi connectivity index (χ1v) is 8.12. The van der Waals surface area contributed by atoms with Crippen molar-refractivity contribution in [2.75, 3.05) is 31.2 Å². The lowest BCUT2D eigenvalue weighted by Gasteiger charge is -2.27. The lowest BCUT2D eigenvalue weighted by molar-refractivity contribution is -0.149. The minimum Gasteiger partial charge on any atom is -0.465 e. The molecule has 2 rings (SSSR count). The number of amides is 1. The van der Waals surface area contributed by atoms with Gasteiger partial charge in [-0.15, -0.1) is 12.4 Å². The van der Waals surface area contributed by atoms with Crippen molar-refractivity contribution in [2.24, 2.45) is 0 Å². The van der Waals surface area contributed by atoms with E-state index >= 15 is 0 Å². The third kappa shape index (κ3) is 5.50. The molecular formula is C13H23ClN2O3S.